The van der Waals surface area contributed by atoms with Crippen molar-refractivity contribution in [1.29, 1.82) is 5.26 Å². The minimum Gasteiger partial charge on any atom is -0.339 e. The lowest BCUT2D eigenvalue weighted by atomic mass is 10.1. The molecule has 0 radical (unpaired) electrons. The molecule has 24 heavy (non-hydrogen) atoms. The van der Waals surface area contributed by atoms with E-state index >= 15 is 0 Å². The number of aromatic nitrogens is 2. The van der Waals surface area contributed by atoms with E-state index in [0.717, 1.165) is 22.0 Å². The largest absolute Gasteiger partial charge is 0.339 e. The lowest BCUT2D eigenvalue weighted by Gasteiger charge is -2.10. The number of hydrogen-bond acceptors (Lipinski definition) is 4. The summed E-state index contributed by atoms with van der Waals surface area (Å²) in [5.41, 5.74) is 4.07. The van der Waals surface area contributed by atoms with Gasteiger partial charge in [0.05, 0.1) is 11.0 Å². The molecule has 0 aliphatic carbocycles. The standard InChI is InChI=1S/C20H14N4/c1-13-6-8-16(9-7-13)23-20-17(11-21)19-15(12-22-20)10-14-4-2-3-5-18(14)24-19/h2-10,12H,1H3,(H,22,23). The minimum absolute atomic E-state index is 0.457. The summed E-state index contributed by atoms with van der Waals surface area (Å²) in [5, 5.41) is 14.8. The van der Waals surface area contributed by atoms with Gasteiger partial charge in [-0.3, -0.25) is 0 Å². The number of nitrogens with one attached hydrogen (secondary N) is 1. The van der Waals surface area contributed by atoms with E-state index in [-0.39, 0.29) is 0 Å². The molecule has 4 aromatic rings. The van der Waals surface area contributed by atoms with Crippen molar-refractivity contribution in [2.24, 2.45) is 0 Å². The molecule has 4 rings (SSSR count). The molecule has 0 atom stereocenters. The van der Waals surface area contributed by atoms with Gasteiger partial charge in [-0.05, 0) is 31.2 Å². The summed E-state index contributed by atoms with van der Waals surface area (Å²) in [4.78, 5) is 9.09. The van der Waals surface area contributed by atoms with Crippen LogP contribution in [0.25, 0.3) is 21.8 Å². The SMILES string of the molecule is Cc1ccc(Nc2ncc3cc4ccccc4nc3c2C#N)cc1. The third-order valence-electron chi connectivity index (χ3n) is 3.99. The molecule has 4 nitrogen and oxygen atoms in total. The van der Waals surface area contributed by atoms with Gasteiger partial charge in [-0.25, -0.2) is 9.97 Å². The van der Waals surface area contributed by atoms with E-state index in [4.69, 9.17) is 0 Å². The summed E-state index contributed by atoms with van der Waals surface area (Å²) < 4.78 is 0. The molecule has 0 bridgehead atoms. The highest BCUT2D eigenvalue weighted by Crippen LogP contribution is 2.27. The first-order chi connectivity index (χ1) is 11.7. The normalized spacial score (nSPS) is 10.7. The molecule has 0 aliphatic heterocycles. The van der Waals surface area contributed by atoms with E-state index in [1.54, 1.807) is 6.20 Å². The number of para-hydroxylation sites is 1. The predicted octanol–water partition coefficient (Wildman–Crippen LogP) is 4.71. The Morgan fingerprint density at radius 2 is 1.79 bits per heavy atom. The van der Waals surface area contributed by atoms with E-state index in [2.05, 4.69) is 21.4 Å². The van der Waals surface area contributed by atoms with Crippen LogP contribution in [0.2, 0.25) is 0 Å². The molecule has 2 heterocycles. The van der Waals surface area contributed by atoms with E-state index in [1.165, 1.54) is 5.56 Å². The van der Waals surface area contributed by atoms with Gasteiger partial charge in [-0.15, -0.1) is 0 Å². The zero-order valence-corrected chi connectivity index (χ0v) is 13.1. The maximum absolute atomic E-state index is 9.64. The molecule has 0 amide bonds. The highest BCUT2D eigenvalue weighted by molar-refractivity contribution is 5.96. The monoisotopic (exact) mass is 310 g/mol. The van der Waals surface area contributed by atoms with Crippen LogP contribution in [0.15, 0.2) is 60.8 Å². The van der Waals surface area contributed by atoms with Crippen molar-refractivity contribution >= 4 is 33.3 Å². The molecule has 2 aromatic carbocycles. The molecule has 1 N–H and O–H groups in total. The fourth-order valence-corrected chi connectivity index (χ4v) is 2.72. The molecule has 0 saturated heterocycles. The van der Waals surface area contributed by atoms with Crippen LogP contribution in [0.5, 0.6) is 0 Å². The Morgan fingerprint density at radius 3 is 2.58 bits per heavy atom. The number of anilines is 2. The Labute approximate surface area is 139 Å². The summed E-state index contributed by atoms with van der Waals surface area (Å²) in [6, 6.07) is 20.1. The van der Waals surface area contributed by atoms with Gasteiger partial charge in [0, 0.05) is 22.7 Å². The number of nitriles is 1. The summed E-state index contributed by atoms with van der Waals surface area (Å²) >= 11 is 0. The molecule has 0 aliphatic rings. The quantitative estimate of drug-likeness (QED) is 0.545. The zero-order chi connectivity index (χ0) is 16.5. The lowest BCUT2D eigenvalue weighted by molar-refractivity contribution is 1.30. The molecule has 4 heteroatoms. The summed E-state index contributed by atoms with van der Waals surface area (Å²) in [7, 11) is 0. The van der Waals surface area contributed by atoms with Crippen LogP contribution in [0.1, 0.15) is 11.1 Å². The zero-order valence-electron chi connectivity index (χ0n) is 13.1. The lowest BCUT2D eigenvalue weighted by Crippen LogP contribution is -1.99. The number of hydrogen-bond donors (Lipinski definition) is 1. The molecule has 114 valence electrons. The predicted molar refractivity (Wildman–Crippen MR) is 96.2 cm³/mol. The Morgan fingerprint density at radius 1 is 1.00 bits per heavy atom. The van der Waals surface area contributed by atoms with Crippen LogP contribution in [-0.4, -0.2) is 9.97 Å². The van der Waals surface area contributed by atoms with Crippen molar-refractivity contribution in [1.82, 2.24) is 9.97 Å². The van der Waals surface area contributed by atoms with Gasteiger partial charge >= 0.3 is 0 Å². The average molecular weight is 310 g/mol. The van der Waals surface area contributed by atoms with E-state index in [0.29, 0.717) is 16.9 Å². The average Bonchev–Trinajstić information content (AvgIpc) is 2.62. The Hall–Kier alpha value is -3.45. The molecule has 2 aromatic heterocycles. The molecular weight excluding hydrogens is 296 g/mol. The first kappa shape index (κ1) is 14.2. The van der Waals surface area contributed by atoms with Gasteiger partial charge in [0.1, 0.15) is 11.6 Å². The van der Waals surface area contributed by atoms with E-state index in [1.807, 2.05) is 61.5 Å². The second-order valence-corrected chi connectivity index (χ2v) is 5.70. The topological polar surface area (TPSA) is 61.6 Å². The van der Waals surface area contributed by atoms with Crippen LogP contribution in [-0.2, 0) is 0 Å². The number of aryl methyl sites for hydroxylation is 1. The van der Waals surface area contributed by atoms with Crippen LogP contribution >= 0.6 is 0 Å². The fourth-order valence-electron chi connectivity index (χ4n) is 2.72. The van der Waals surface area contributed by atoms with Gasteiger partial charge in [-0.2, -0.15) is 5.26 Å². The fraction of sp³-hybridized carbons (Fsp3) is 0.0500. The first-order valence-electron chi connectivity index (χ1n) is 7.67. The number of nitrogens with zero attached hydrogens (tertiary/aromatic N) is 3. The third kappa shape index (κ3) is 2.42. The van der Waals surface area contributed by atoms with Crippen molar-refractivity contribution in [3.05, 3.63) is 71.9 Å². The van der Waals surface area contributed by atoms with Gasteiger partial charge in [0.15, 0.2) is 5.82 Å². The Kier molecular flexibility index (Phi) is 3.33. The van der Waals surface area contributed by atoms with Crippen LogP contribution in [0.4, 0.5) is 11.5 Å². The molecule has 0 saturated carbocycles. The molecule has 0 spiro atoms. The van der Waals surface area contributed by atoms with Gasteiger partial charge in [0.2, 0.25) is 0 Å². The second-order valence-electron chi connectivity index (χ2n) is 5.70. The van der Waals surface area contributed by atoms with E-state index < -0.39 is 0 Å². The van der Waals surface area contributed by atoms with Crippen LogP contribution in [0, 0.1) is 18.3 Å². The van der Waals surface area contributed by atoms with Crippen LogP contribution in [0.3, 0.4) is 0 Å². The van der Waals surface area contributed by atoms with Crippen molar-refractivity contribution in [2.75, 3.05) is 5.32 Å². The van der Waals surface area contributed by atoms with Crippen molar-refractivity contribution in [2.45, 2.75) is 6.92 Å². The molecular formula is C20H14N4. The molecule has 0 unspecified atom stereocenters. The summed E-state index contributed by atoms with van der Waals surface area (Å²) in [6.45, 7) is 2.04. The summed E-state index contributed by atoms with van der Waals surface area (Å²) in [5.74, 6) is 0.525. The summed E-state index contributed by atoms with van der Waals surface area (Å²) in [6.07, 6.45) is 1.76. The number of benzene rings is 2. The van der Waals surface area contributed by atoms with Crippen molar-refractivity contribution < 1.29 is 0 Å². The van der Waals surface area contributed by atoms with Crippen molar-refractivity contribution in [3.8, 4) is 6.07 Å². The number of fused-ring (bicyclic) bond motifs is 2. The minimum atomic E-state index is 0.457. The highest BCUT2D eigenvalue weighted by atomic mass is 15.0. The first-order valence-corrected chi connectivity index (χ1v) is 7.67. The van der Waals surface area contributed by atoms with Gasteiger partial charge in [-0.1, -0.05) is 35.9 Å². The van der Waals surface area contributed by atoms with Crippen molar-refractivity contribution in [3.63, 3.8) is 0 Å². The van der Waals surface area contributed by atoms with E-state index in [9.17, 15) is 5.26 Å². The third-order valence-corrected chi connectivity index (χ3v) is 3.99. The highest BCUT2D eigenvalue weighted by Gasteiger charge is 2.11. The van der Waals surface area contributed by atoms with Gasteiger partial charge in [0.25, 0.3) is 0 Å². The Bertz CT molecular complexity index is 1090. The van der Waals surface area contributed by atoms with Gasteiger partial charge < -0.3 is 5.32 Å². The maximum Gasteiger partial charge on any atom is 0.150 e. The second kappa shape index (κ2) is 5.64. The maximum atomic E-state index is 9.64. The van der Waals surface area contributed by atoms with Crippen LogP contribution < -0.4 is 5.32 Å². The Balaban J connectivity index is 1.88. The molecule has 0 fully saturated rings. The smallest absolute Gasteiger partial charge is 0.150 e. The number of pyridine rings is 2. The number of rotatable bonds is 2.